The lowest BCUT2D eigenvalue weighted by Crippen LogP contribution is -2.42. The van der Waals surface area contributed by atoms with Crippen molar-refractivity contribution in [2.45, 2.75) is 37.1 Å². The molecule has 4 heterocycles. The number of hydrogen-bond acceptors (Lipinski definition) is 10. The van der Waals surface area contributed by atoms with E-state index in [1.807, 2.05) is 0 Å². The number of nitrogens with zero attached hydrogens (tertiary/aromatic N) is 3. The van der Waals surface area contributed by atoms with Gasteiger partial charge in [0.2, 0.25) is 5.95 Å². The third kappa shape index (κ3) is 2.93. The van der Waals surface area contributed by atoms with Crippen LogP contribution in [-0.4, -0.2) is 82.4 Å². The van der Waals surface area contributed by atoms with Gasteiger partial charge < -0.3 is 40.3 Å². The number of nitrogen functional groups attached to an aromatic ring is 1. The molecular formula is C14H21N5O6. The molecule has 0 aromatic carbocycles. The SMILES string of the molecule is Nc1nc2c(c(=O)[nH]1)N(CC(O)C1CO1)CN2[C@H]1C[C@H](O)[C@@H](CO)O1. The fraction of sp³-hybridized carbons (Fsp3) is 0.714. The molecule has 0 radical (unpaired) electrons. The highest BCUT2D eigenvalue weighted by molar-refractivity contribution is 5.73. The maximum absolute atomic E-state index is 12.4. The monoisotopic (exact) mass is 355 g/mol. The number of nitrogens with one attached hydrogen (secondary N) is 1. The van der Waals surface area contributed by atoms with Gasteiger partial charge in [-0.05, 0) is 0 Å². The van der Waals surface area contributed by atoms with Crippen LogP contribution in [0.4, 0.5) is 17.5 Å². The molecule has 2 unspecified atom stereocenters. The molecule has 0 saturated carbocycles. The van der Waals surface area contributed by atoms with E-state index in [4.69, 9.17) is 15.2 Å². The fourth-order valence-electron chi connectivity index (χ4n) is 3.35. The van der Waals surface area contributed by atoms with Crippen LogP contribution in [0.2, 0.25) is 0 Å². The van der Waals surface area contributed by atoms with Crippen LogP contribution >= 0.6 is 0 Å². The molecule has 6 N–H and O–H groups in total. The summed E-state index contributed by atoms with van der Waals surface area (Å²) in [6, 6.07) is 0. The molecule has 3 aliphatic heterocycles. The summed E-state index contributed by atoms with van der Waals surface area (Å²) in [5.74, 6) is 0.305. The van der Waals surface area contributed by atoms with Crippen molar-refractivity contribution in [3.8, 4) is 0 Å². The van der Waals surface area contributed by atoms with Gasteiger partial charge in [-0.3, -0.25) is 9.78 Å². The molecule has 1 aromatic rings. The van der Waals surface area contributed by atoms with Crippen LogP contribution in [-0.2, 0) is 9.47 Å². The number of anilines is 3. The van der Waals surface area contributed by atoms with Crippen molar-refractivity contribution in [1.82, 2.24) is 9.97 Å². The highest BCUT2D eigenvalue weighted by Gasteiger charge is 2.43. The van der Waals surface area contributed by atoms with E-state index in [1.165, 1.54) is 0 Å². The lowest BCUT2D eigenvalue weighted by molar-refractivity contribution is -0.0221. The van der Waals surface area contributed by atoms with Gasteiger partial charge in [0.05, 0.1) is 32.1 Å². The highest BCUT2D eigenvalue weighted by atomic mass is 16.6. The second kappa shape index (κ2) is 6.11. The Hall–Kier alpha value is -1.92. The molecule has 5 atom stereocenters. The third-order valence-electron chi connectivity index (χ3n) is 4.73. The average molecular weight is 355 g/mol. The summed E-state index contributed by atoms with van der Waals surface area (Å²) in [5, 5.41) is 29.4. The number of rotatable bonds is 5. The number of aliphatic hydroxyl groups is 3. The van der Waals surface area contributed by atoms with Gasteiger partial charge in [0.25, 0.3) is 5.56 Å². The van der Waals surface area contributed by atoms with Crippen molar-refractivity contribution < 1.29 is 24.8 Å². The molecule has 0 spiro atoms. The Morgan fingerprint density at radius 1 is 1.48 bits per heavy atom. The Labute approximate surface area is 142 Å². The normalized spacial score (nSPS) is 32.1. The first-order chi connectivity index (χ1) is 12.0. The predicted octanol–water partition coefficient (Wildman–Crippen LogP) is -2.84. The van der Waals surface area contributed by atoms with Crippen LogP contribution in [0.3, 0.4) is 0 Å². The van der Waals surface area contributed by atoms with Gasteiger partial charge in [0.15, 0.2) is 5.82 Å². The lowest BCUT2D eigenvalue weighted by Gasteiger charge is -2.27. The molecule has 2 saturated heterocycles. The second-order valence-corrected chi connectivity index (χ2v) is 6.51. The molecule has 11 heteroatoms. The van der Waals surface area contributed by atoms with E-state index in [0.717, 1.165) is 0 Å². The standard InChI is InChI=1S/C14H21N5O6/c15-14-16-12-11(13(23)17-14)18(2-7(22)9-4-24-9)5-19(12)10-1-6(21)8(3-20)25-10/h6-10,20-22H,1-5H2,(H3,15,16,17,23)/t6-,7?,8+,9?,10+/m0/s1. The first-order valence-corrected chi connectivity index (χ1v) is 8.13. The summed E-state index contributed by atoms with van der Waals surface area (Å²) in [6.45, 7) is 0.637. The van der Waals surface area contributed by atoms with E-state index in [-0.39, 0.29) is 38.3 Å². The van der Waals surface area contributed by atoms with Crippen molar-refractivity contribution in [1.29, 1.82) is 0 Å². The Morgan fingerprint density at radius 2 is 2.24 bits per heavy atom. The van der Waals surface area contributed by atoms with Crippen LogP contribution < -0.4 is 21.1 Å². The molecular weight excluding hydrogens is 334 g/mol. The zero-order valence-electron chi connectivity index (χ0n) is 13.4. The molecule has 138 valence electrons. The molecule has 0 bridgehead atoms. The first-order valence-electron chi connectivity index (χ1n) is 8.13. The van der Waals surface area contributed by atoms with E-state index >= 15 is 0 Å². The highest BCUT2D eigenvalue weighted by Crippen LogP contribution is 2.37. The van der Waals surface area contributed by atoms with Gasteiger partial charge in [-0.25, -0.2) is 0 Å². The minimum Gasteiger partial charge on any atom is -0.394 e. The summed E-state index contributed by atoms with van der Waals surface area (Å²) in [5.41, 5.74) is 5.55. The van der Waals surface area contributed by atoms with Crippen molar-refractivity contribution in [2.75, 3.05) is 42.0 Å². The number of nitrogens with two attached hydrogens (primary N) is 1. The van der Waals surface area contributed by atoms with E-state index in [2.05, 4.69) is 9.97 Å². The number of aromatic nitrogens is 2. The fourth-order valence-corrected chi connectivity index (χ4v) is 3.35. The van der Waals surface area contributed by atoms with Gasteiger partial charge in [-0.2, -0.15) is 4.98 Å². The zero-order chi connectivity index (χ0) is 17.7. The van der Waals surface area contributed by atoms with Gasteiger partial charge in [-0.1, -0.05) is 0 Å². The van der Waals surface area contributed by atoms with E-state index in [9.17, 15) is 20.1 Å². The average Bonchev–Trinajstić information content (AvgIpc) is 3.26. The molecule has 25 heavy (non-hydrogen) atoms. The molecule has 0 aliphatic carbocycles. The maximum Gasteiger partial charge on any atom is 0.278 e. The Bertz CT molecular complexity index is 709. The molecule has 0 amide bonds. The van der Waals surface area contributed by atoms with Crippen LogP contribution in [0, 0.1) is 0 Å². The number of ether oxygens (including phenoxy) is 2. The number of epoxide rings is 1. The Balaban J connectivity index is 1.63. The lowest BCUT2D eigenvalue weighted by atomic mass is 10.2. The van der Waals surface area contributed by atoms with Crippen LogP contribution in [0.1, 0.15) is 6.42 Å². The quantitative estimate of drug-likeness (QED) is 0.348. The summed E-state index contributed by atoms with van der Waals surface area (Å²) in [4.78, 5) is 22.4. The minimum absolute atomic E-state index is 0.0288. The molecule has 3 aliphatic rings. The van der Waals surface area contributed by atoms with E-state index in [0.29, 0.717) is 18.1 Å². The number of hydrogen-bond donors (Lipinski definition) is 5. The van der Waals surface area contributed by atoms with Crippen LogP contribution in [0.25, 0.3) is 0 Å². The minimum atomic E-state index is -0.808. The molecule has 4 rings (SSSR count). The number of aliphatic hydroxyl groups excluding tert-OH is 3. The van der Waals surface area contributed by atoms with Crippen molar-refractivity contribution in [3.05, 3.63) is 10.4 Å². The van der Waals surface area contributed by atoms with E-state index < -0.39 is 30.1 Å². The predicted molar refractivity (Wildman–Crippen MR) is 86.1 cm³/mol. The summed E-state index contributed by atoms with van der Waals surface area (Å²) < 4.78 is 10.8. The number of H-pyrrole nitrogens is 1. The second-order valence-electron chi connectivity index (χ2n) is 6.51. The zero-order valence-corrected chi connectivity index (χ0v) is 13.4. The third-order valence-corrected chi connectivity index (χ3v) is 4.73. The molecule has 2 fully saturated rings. The van der Waals surface area contributed by atoms with Crippen molar-refractivity contribution >= 4 is 17.5 Å². The van der Waals surface area contributed by atoms with Gasteiger partial charge in [0, 0.05) is 13.0 Å². The number of fused-ring (bicyclic) bond motifs is 1. The van der Waals surface area contributed by atoms with Gasteiger partial charge >= 0.3 is 0 Å². The van der Waals surface area contributed by atoms with Gasteiger partial charge in [0.1, 0.15) is 24.1 Å². The largest absolute Gasteiger partial charge is 0.394 e. The van der Waals surface area contributed by atoms with Crippen LogP contribution in [0.15, 0.2) is 4.79 Å². The van der Waals surface area contributed by atoms with Crippen molar-refractivity contribution in [2.24, 2.45) is 0 Å². The Kier molecular flexibility index (Phi) is 4.04. The maximum atomic E-state index is 12.4. The summed E-state index contributed by atoms with van der Waals surface area (Å²) >= 11 is 0. The van der Waals surface area contributed by atoms with Crippen molar-refractivity contribution in [3.63, 3.8) is 0 Å². The van der Waals surface area contributed by atoms with Crippen LogP contribution in [0.5, 0.6) is 0 Å². The number of aromatic amines is 1. The smallest absolute Gasteiger partial charge is 0.278 e. The van der Waals surface area contributed by atoms with Gasteiger partial charge in [-0.15, -0.1) is 0 Å². The topological polar surface area (TPSA) is 161 Å². The summed E-state index contributed by atoms with van der Waals surface area (Å²) in [6.07, 6.45) is -2.74. The number of β-amino-alcohol motifs (C(OH)–C–C–N with tert-alkyl or cyclic N) is 1. The Morgan fingerprint density at radius 3 is 2.88 bits per heavy atom. The molecule has 11 nitrogen and oxygen atoms in total. The first kappa shape index (κ1) is 16.5. The summed E-state index contributed by atoms with van der Waals surface area (Å²) in [7, 11) is 0. The van der Waals surface area contributed by atoms with E-state index in [1.54, 1.807) is 9.80 Å². The molecule has 1 aromatic heterocycles.